The molecule has 0 radical (unpaired) electrons. The lowest BCUT2D eigenvalue weighted by atomic mass is 10.2. The van der Waals surface area contributed by atoms with Gasteiger partial charge in [-0.25, -0.2) is 0 Å². The Kier molecular flexibility index (Phi) is 4.62. The first kappa shape index (κ1) is 14.1. The zero-order valence-electron chi connectivity index (χ0n) is 9.88. The van der Waals surface area contributed by atoms with Crippen molar-refractivity contribution in [3.8, 4) is 0 Å². The van der Waals surface area contributed by atoms with Gasteiger partial charge in [-0.15, -0.1) is 10.2 Å². The Morgan fingerprint density at radius 2 is 2.32 bits per heavy atom. The van der Waals surface area contributed by atoms with Crippen LogP contribution in [-0.4, -0.2) is 27.0 Å². The normalized spacial score (nSPS) is 10.4. The number of carboxylic acid groups (broad SMARTS) is 1. The summed E-state index contributed by atoms with van der Waals surface area (Å²) < 4.78 is 0.614. The number of hydrogen-bond acceptors (Lipinski definition) is 6. The molecule has 2 rings (SSSR count). The van der Waals surface area contributed by atoms with Crippen LogP contribution in [0.4, 0.5) is 10.8 Å². The standard InChI is InChI=1S/C11H10ClN3O2S2/c1-6-2-3-7(4-8(6)12)13-10-14-15-11(19-10)18-5-9(16)17/h2-4H,5H2,1H3,(H,13,14)(H,16,17). The van der Waals surface area contributed by atoms with E-state index in [2.05, 4.69) is 15.5 Å². The van der Waals surface area contributed by atoms with Crippen molar-refractivity contribution in [2.45, 2.75) is 11.3 Å². The summed E-state index contributed by atoms with van der Waals surface area (Å²) in [6.45, 7) is 1.93. The van der Waals surface area contributed by atoms with Gasteiger partial charge in [-0.1, -0.05) is 40.8 Å². The Balaban J connectivity index is 2.02. The molecule has 2 aromatic rings. The van der Waals surface area contributed by atoms with Gasteiger partial charge in [-0.3, -0.25) is 4.79 Å². The Morgan fingerprint density at radius 1 is 1.53 bits per heavy atom. The number of rotatable bonds is 5. The third-order valence-corrected chi connectivity index (χ3v) is 4.51. The predicted octanol–water partition coefficient (Wildman–Crippen LogP) is 3.42. The first-order valence-corrected chi connectivity index (χ1v) is 7.44. The van der Waals surface area contributed by atoms with Gasteiger partial charge in [0, 0.05) is 10.7 Å². The van der Waals surface area contributed by atoms with Crippen LogP contribution < -0.4 is 5.32 Å². The number of nitrogens with one attached hydrogen (secondary N) is 1. The number of hydrogen-bond donors (Lipinski definition) is 2. The van der Waals surface area contributed by atoms with Gasteiger partial charge in [0.15, 0.2) is 4.34 Å². The van der Waals surface area contributed by atoms with E-state index in [-0.39, 0.29) is 5.75 Å². The first-order chi connectivity index (χ1) is 9.04. The number of carboxylic acids is 1. The predicted molar refractivity (Wildman–Crippen MR) is 77.7 cm³/mol. The Hall–Kier alpha value is -1.31. The highest BCUT2D eigenvalue weighted by Gasteiger charge is 2.07. The zero-order chi connectivity index (χ0) is 13.8. The number of aryl methyl sites for hydroxylation is 1. The second-order valence-corrected chi connectivity index (χ2v) is 6.25. The molecule has 0 spiro atoms. The number of aromatic nitrogens is 2. The fraction of sp³-hybridized carbons (Fsp3) is 0.182. The molecule has 0 aliphatic carbocycles. The summed E-state index contributed by atoms with van der Waals surface area (Å²) in [7, 11) is 0. The molecule has 0 atom stereocenters. The van der Waals surface area contributed by atoms with Gasteiger partial charge in [-0.05, 0) is 24.6 Å². The first-order valence-electron chi connectivity index (χ1n) is 5.26. The van der Waals surface area contributed by atoms with Crippen LogP contribution in [0.1, 0.15) is 5.56 Å². The molecule has 0 bridgehead atoms. The summed E-state index contributed by atoms with van der Waals surface area (Å²) in [5.74, 6) is -0.898. The van der Waals surface area contributed by atoms with E-state index in [0.29, 0.717) is 14.5 Å². The van der Waals surface area contributed by atoms with Gasteiger partial charge in [-0.2, -0.15) is 0 Å². The molecule has 0 aliphatic heterocycles. The molecule has 0 saturated heterocycles. The molecule has 0 unspecified atom stereocenters. The number of benzene rings is 1. The topological polar surface area (TPSA) is 75.1 Å². The average Bonchev–Trinajstić information content (AvgIpc) is 2.79. The van der Waals surface area contributed by atoms with Crippen molar-refractivity contribution in [2.75, 3.05) is 11.1 Å². The summed E-state index contributed by atoms with van der Waals surface area (Å²) in [6, 6.07) is 5.61. The minimum atomic E-state index is -0.875. The molecule has 1 heterocycles. The largest absolute Gasteiger partial charge is 0.481 e. The second kappa shape index (κ2) is 6.23. The summed E-state index contributed by atoms with van der Waals surface area (Å²) in [6.07, 6.45) is 0. The molecule has 0 amide bonds. The highest BCUT2D eigenvalue weighted by atomic mass is 35.5. The fourth-order valence-electron chi connectivity index (χ4n) is 1.24. The molecule has 100 valence electrons. The summed E-state index contributed by atoms with van der Waals surface area (Å²) in [5, 5.41) is 20.8. The summed E-state index contributed by atoms with van der Waals surface area (Å²) in [5.41, 5.74) is 1.82. The maximum absolute atomic E-state index is 10.4. The summed E-state index contributed by atoms with van der Waals surface area (Å²) in [4.78, 5) is 10.4. The van der Waals surface area contributed by atoms with E-state index in [0.717, 1.165) is 23.0 Å². The molecule has 1 aromatic carbocycles. The van der Waals surface area contributed by atoms with Crippen LogP contribution >= 0.6 is 34.7 Å². The van der Waals surface area contributed by atoms with Crippen LogP contribution in [0.2, 0.25) is 5.02 Å². The van der Waals surface area contributed by atoms with E-state index < -0.39 is 5.97 Å². The van der Waals surface area contributed by atoms with Gasteiger partial charge in [0.25, 0.3) is 0 Å². The molecule has 2 N–H and O–H groups in total. The van der Waals surface area contributed by atoms with Gasteiger partial charge in [0.05, 0.1) is 5.75 Å². The lowest BCUT2D eigenvalue weighted by Crippen LogP contribution is -1.96. The summed E-state index contributed by atoms with van der Waals surface area (Å²) >= 11 is 8.48. The van der Waals surface area contributed by atoms with E-state index in [1.807, 2.05) is 25.1 Å². The third kappa shape index (κ3) is 4.09. The number of halogens is 1. The molecule has 5 nitrogen and oxygen atoms in total. The highest BCUT2D eigenvalue weighted by Crippen LogP contribution is 2.28. The monoisotopic (exact) mass is 315 g/mol. The number of anilines is 2. The number of nitrogens with zero attached hydrogens (tertiary/aromatic N) is 2. The van der Waals surface area contributed by atoms with Crippen LogP contribution in [0.3, 0.4) is 0 Å². The Bertz CT molecular complexity index is 603. The van der Waals surface area contributed by atoms with Crippen LogP contribution in [0.25, 0.3) is 0 Å². The minimum absolute atomic E-state index is 0.0228. The Labute approximate surface area is 123 Å². The van der Waals surface area contributed by atoms with Crippen LogP contribution in [0.5, 0.6) is 0 Å². The van der Waals surface area contributed by atoms with Crippen molar-refractivity contribution < 1.29 is 9.90 Å². The number of carbonyl (C=O) groups is 1. The van der Waals surface area contributed by atoms with Gasteiger partial charge >= 0.3 is 5.97 Å². The van der Waals surface area contributed by atoms with E-state index in [9.17, 15) is 4.79 Å². The van der Waals surface area contributed by atoms with Crippen molar-refractivity contribution in [1.29, 1.82) is 0 Å². The van der Waals surface area contributed by atoms with Gasteiger partial charge < -0.3 is 10.4 Å². The smallest absolute Gasteiger partial charge is 0.313 e. The zero-order valence-corrected chi connectivity index (χ0v) is 12.3. The van der Waals surface area contributed by atoms with Crippen molar-refractivity contribution in [3.63, 3.8) is 0 Å². The third-order valence-electron chi connectivity index (χ3n) is 2.15. The molecule has 0 aliphatic rings. The minimum Gasteiger partial charge on any atom is -0.481 e. The second-order valence-electron chi connectivity index (χ2n) is 3.64. The van der Waals surface area contributed by atoms with Gasteiger partial charge in [0.1, 0.15) is 0 Å². The quantitative estimate of drug-likeness (QED) is 0.823. The van der Waals surface area contributed by atoms with E-state index in [4.69, 9.17) is 16.7 Å². The van der Waals surface area contributed by atoms with Crippen molar-refractivity contribution in [3.05, 3.63) is 28.8 Å². The number of thioether (sulfide) groups is 1. The molecule has 0 saturated carbocycles. The lowest BCUT2D eigenvalue weighted by molar-refractivity contribution is -0.133. The van der Waals surface area contributed by atoms with Crippen molar-refractivity contribution in [1.82, 2.24) is 10.2 Å². The Morgan fingerprint density at radius 3 is 3.00 bits per heavy atom. The molecule has 19 heavy (non-hydrogen) atoms. The van der Waals surface area contributed by atoms with Crippen LogP contribution in [-0.2, 0) is 4.79 Å². The van der Waals surface area contributed by atoms with E-state index in [1.165, 1.54) is 11.3 Å². The number of aliphatic carboxylic acids is 1. The maximum Gasteiger partial charge on any atom is 0.313 e. The highest BCUT2D eigenvalue weighted by molar-refractivity contribution is 8.01. The maximum atomic E-state index is 10.4. The molecular weight excluding hydrogens is 306 g/mol. The average molecular weight is 316 g/mol. The van der Waals surface area contributed by atoms with Crippen LogP contribution in [0.15, 0.2) is 22.5 Å². The van der Waals surface area contributed by atoms with E-state index in [1.54, 1.807) is 0 Å². The molecular formula is C11H10ClN3O2S2. The fourth-order valence-corrected chi connectivity index (χ4v) is 2.91. The molecule has 8 heteroatoms. The lowest BCUT2D eigenvalue weighted by Gasteiger charge is -2.03. The SMILES string of the molecule is Cc1ccc(Nc2nnc(SCC(=O)O)s2)cc1Cl. The van der Waals surface area contributed by atoms with Crippen molar-refractivity contribution in [2.24, 2.45) is 0 Å². The molecule has 0 fully saturated rings. The van der Waals surface area contributed by atoms with E-state index >= 15 is 0 Å². The van der Waals surface area contributed by atoms with Crippen LogP contribution in [0, 0.1) is 6.92 Å². The van der Waals surface area contributed by atoms with Crippen molar-refractivity contribution >= 4 is 51.5 Å². The molecule has 1 aromatic heterocycles. The van der Waals surface area contributed by atoms with Gasteiger partial charge in [0.2, 0.25) is 5.13 Å².